The lowest BCUT2D eigenvalue weighted by atomic mass is 9.77. The molecule has 100 valence electrons. The average Bonchev–Trinajstić information content (AvgIpc) is 2.26. The van der Waals surface area contributed by atoms with E-state index >= 15 is 0 Å². The molecule has 0 atom stereocenters. The summed E-state index contributed by atoms with van der Waals surface area (Å²) >= 11 is 0. The van der Waals surface area contributed by atoms with Crippen LogP contribution in [0.2, 0.25) is 0 Å². The van der Waals surface area contributed by atoms with E-state index in [1.165, 1.54) is 0 Å². The molecule has 0 aromatic rings. The Hall–Kier alpha value is -1.26. The van der Waals surface area contributed by atoms with E-state index in [1.54, 1.807) is 0 Å². The minimum absolute atomic E-state index is 0.0133. The van der Waals surface area contributed by atoms with Crippen LogP contribution in [0.25, 0.3) is 0 Å². The number of amidine groups is 1. The fourth-order valence-corrected chi connectivity index (χ4v) is 2.07. The van der Waals surface area contributed by atoms with Crippen molar-refractivity contribution in [2.24, 2.45) is 16.3 Å². The van der Waals surface area contributed by atoms with Crippen LogP contribution in [0.15, 0.2) is 5.16 Å². The van der Waals surface area contributed by atoms with E-state index in [4.69, 9.17) is 10.9 Å². The maximum atomic E-state index is 12.3. The zero-order valence-corrected chi connectivity index (χ0v) is 11.3. The van der Waals surface area contributed by atoms with Gasteiger partial charge in [0.2, 0.25) is 5.91 Å². The number of carbonyl (C=O) groups is 1. The minimum atomic E-state index is -0.872. The first-order valence-corrected chi connectivity index (χ1v) is 6.23. The van der Waals surface area contributed by atoms with Crippen LogP contribution in [-0.4, -0.2) is 23.0 Å². The lowest BCUT2D eigenvalue weighted by Gasteiger charge is -2.31. The van der Waals surface area contributed by atoms with Crippen LogP contribution in [0.4, 0.5) is 0 Å². The molecule has 0 saturated heterocycles. The minimum Gasteiger partial charge on any atom is -0.409 e. The van der Waals surface area contributed by atoms with Gasteiger partial charge in [-0.15, -0.1) is 0 Å². The summed E-state index contributed by atoms with van der Waals surface area (Å²) in [5.74, 6) is -0.133. The van der Waals surface area contributed by atoms with Crippen LogP contribution in [0.1, 0.15) is 53.4 Å². The molecule has 0 rings (SSSR count). The van der Waals surface area contributed by atoms with Gasteiger partial charge in [0.1, 0.15) is 5.41 Å². The molecule has 0 aromatic carbocycles. The summed E-state index contributed by atoms with van der Waals surface area (Å²) in [6.45, 7) is 7.76. The fraction of sp³-hybridized carbons (Fsp3) is 0.833. The zero-order chi connectivity index (χ0) is 13.5. The number of hydrogen-bond acceptors (Lipinski definition) is 3. The van der Waals surface area contributed by atoms with Gasteiger partial charge in [-0.25, -0.2) is 0 Å². The standard InChI is InChI=1S/C12H25N3O2/c1-5-7-12(8-6-2,10(13)15-17)11(16)14-9(3)4/h9,17H,5-8H2,1-4H3,(H2,13,15)(H,14,16). The Balaban J connectivity index is 5.22. The molecule has 1 amide bonds. The largest absolute Gasteiger partial charge is 0.409 e. The fourth-order valence-electron chi connectivity index (χ4n) is 2.07. The number of oxime groups is 1. The maximum Gasteiger partial charge on any atom is 0.234 e. The van der Waals surface area contributed by atoms with E-state index < -0.39 is 5.41 Å². The number of hydrogen-bond donors (Lipinski definition) is 3. The van der Waals surface area contributed by atoms with Crippen molar-refractivity contribution in [2.75, 3.05) is 0 Å². The van der Waals surface area contributed by atoms with E-state index in [-0.39, 0.29) is 17.8 Å². The van der Waals surface area contributed by atoms with Crippen LogP contribution in [0.5, 0.6) is 0 Å². The molecule has 0 heterocycles. The first kappa shape index (κ1) is 15.7. The third kappa shape index (κ3) is 3.91. The molecule has 5 heteroatoms. The first-order chi connectivity index (χ1) is 7.94. The molecule has 0 unspecified atom stereocenters. The van der Waals surface area contributed by atoms with Crippen molar-refractivity contribution < 1.29 is 10.0 Å². The normalized spacial score (nSPS) is 12.9. The van der Waals surface area contributed by atoms with E-state index in [1.807, 2.05) is 27.7 Å². The third-order valence-electron chi connectivity index (χ3n) is 2.81. The highest BCUT2D eigenvalue weighted by molar-refractivity contribution is 6.06. The van der Waals surface area contributed by atoms with Crippen molar-refractivity contribution in [3.63, 3.8) is 0 Å². The molecule has 0 saturated carbocycles. The van der Waals surface area contributed by atoms with Crippen LogP contribution in [0, 0.1) is 5.41 Å². The Morgan fingerprint density at radius 3 is 2.12 bits per heavy atom. The van der Waals surface area contributed by atoms with E-state index in [0.717, 1.165) is 12.8 Å². The topological polar surface area (TPSA) is 87.7 Å². The molecular weight excluding hydrogens is 218 g/mol. The van der Waals surface area contributed by atoms with Crippen molar-refractivity contribution in [1.29, 1.82) is 0 Å². The molecule has 0 bridgehead atoms. The molecule has 17 heavy (non-hydrogen) atoms. The predicted molar refractivity (Wildman–Crippen MR) is 68.9 cm³/mol. The number of nitrogens with zero attached hydrogens (tertiary/aromatic N) is 1. The lowest BCUT2D eigenvalue weighted by molar-refractivity contribution is -0.128. The highest BCUT2D eigenvalue weighted by atomic mass is 16.4. The Bertz CT molecular complexity index is 269. The smallest absolute Gasteiger partial charge is 0.234 e. The van der Waals surface area contributed by atoms with Crippen LogP contribution >= 0.6 is 0 Å². The SMILES string of the molecule is CCCC(CCC)(C(=O)NC(C)C)C(N)=NO. The van der Waals surface area contributed by atoms with Gasteiger partial charge in [0, 0.05) is 6.04 Å². The molecule has 0 aliphatic heterocycles. The second-order valence-electron chi connectivity index (χ2n) is 4.70. The van der Waals surface area contributed by atoms with Crippen molar-refractivity contribution in [2.45, 2.75) is 59.4 Å². The summed E-state index contributed by atoms with van der Waals surface area (Å²) < 4.78 is 0. The van der Waals surface area contributed by atoms with Crippen molar-refractivity contribution in [3.05, 3.63) is 0 Å². The van der Waals surface area contributed by atoms with Crippen LogP contribution in [-0.2, 0) is 4.79 Å². The van der Waals surface area contributed by atoms with Crippen LogP contribution in [0.3, 0.4) is 0 Å². The maximum absolute atomic E-state index is 12.3. The monoisotopic (exact) mass is 243 g/mol. The van der Waals surface area contributed by atoms with Gasteiger partial charge in [0.05, 0.1) is 0 Å². The Kier molecular flexibility index (Phi) is 6.61. The summed E-state index contributed by atoms with van der Waals surface area (Å²) in [5, 5.41) is 14.8. The van der Waals surface area contributed by atoms with E-state index in [2.05, 4.69) is 10.5 Å². The zero-order valence-electron chi connectivity index (χ0n) is 11.3. The van der Waals surface area contributed by atoms with Gasteiger partial charge in [-0.3, -0.25) is 4.79 Å². The highest BCUT2D eigenvalue weighted by Crippen LogP contribution is 2.30. The van der Waals surface area contributed by atoms with Crippen LogP contribution < -0.4 is 11.1 Å². The second-order valence-corrected chi connectivity index (χ2v) is 4.70. The Morgan fingerprint density at radius 1 is 1.35 bits per heavy atom. The number of nitrogens with one attached hydrogen (secondary N) is 1. The molecule has 0 fully saturated rings. The summed E-state index contributed by atoms with van der Waals surface area (Å²) in [7, 11) is 0. The van der Waals surface area contributed by atoms with Gasteiger partial charge >= 0.3 is 0 Å². The first-order valence-electron chi connectivity index (χ1n) is 6.23. The van der Waals surface area contributed by atoms with Gasteiger partial charge in [0.25, 0.3) is 0 Å². The molecule has 0 radical (unpaired) electrons. The molecule has 0 aromatic heterocycles. The Labute approximate surface area is 103 Å². The highest BCUT2D eigenvalue weighted by Gasteiger charge is 2.41. The molecule has 0 spiro atoms. The average molecular weight is 243 g/mol. The van der Waals surface area contributed by atoms with Gasteiger partial charge in [-0.2, -0.15) is 0 Å². The number of carbonyl (C=O) groups excluding carboxylic acids is 1. The van der Waals surface area contributed by atoms with Gasteiger partial charge in [-0.05, 0) is 26.7 Å². The predicted octanol–water partition coefficient (Wildman–Crippen LogP) is 1.84. The van der Waals surface area contributed by atoms with Gasteiger partial charge in [-0.1, -0.05) is 31.8 Å². The van der Waals surface area contributed by atoms with Crippen molar-refractivity contribution >= 4 is 11.7 Å². The number of nitrogens with two attached hydrogens (primary N) is 1. The molecule has 4 N–H and O–H groups in total. The lowest BCUT2D eigenvalue weighted by Crippen LogP contribution is -2.51. The summed E-state index contributed by atoms with van der Waals surface area (Å²) in [5.41, 5.74) is 4.87. The second kappa shape index (κ2) is 7.14. The van der Waals surface area contributed by atoms with Crippen molar-refractivity contribution in [1.82, 2.24) is 5.32 Å². The number of rotatable bonds is 7. The molecule has 5 nitrogen and oxygen atoms in total. The van der Waals surface area contributed by atoms with E-state index in [9.17, 15) is 4.79 Å². The molecule has 0 aliphatic carbocycles. The van der Waals surface area contributed by atoms with Gasteiger partial charge < -0.3 is 16.3 Å². The third-order valence-corrected chi connectivity index (χ3v) is 2.81. The van der Waals surface area contributed by atoms with Gasteiger partial charge in [0.15, 0.2) is 5.84 Å². The Morgan fingerprint density at radius 2 is 1.82 bits per heavy atom. The van der Waals surface area contributed by atoms with Crippen molar-refractivity contribution in [3.8, 4) is 0 Å². The number of amides is 1. The summed E-state index contributed by atoms with van der Waals surface area (Å²) in [6, 6.07) is 0.0436. The summed E-state index contributed by atoms with van der Waals surface area (Å²) in [6.07, 6.45) is 2.80. The molecular formula is C12H25N3O2. The summed E-state index contributed by atoms with van der Waals surface area (Å²) in [4.78, 5) is 12.3. The molecule has 0 aliphatic rings. The van der Waals surface area contributed by atoms with E-state index in [0.29, 0.717) is 12.8 Å². The quantitative estimate of drug-likeness (QED) is 0.276.